The van der Waals surface area contributed by atoms with E-state index in [1.807, 2.05) is 59.6 Å². The molecule has 4 rings (SSSR count). The second kappa shape index (κ2) is 6.86. The molecule has 1 unspecified atom stereocenters. The predicted octanol–water partition coefficient (Wildman–Crippen LogP) is 2.88. The number of benzene rings is 2. The average molecular weight is 366 g/mol. The number of rotatable bonds is 3. The van der Waals surface area contributed by atoms with Crippen LogP contribution in [0.3, 0.4) is 0 Å². The lowest BCUT2D eigenvalue weighted by atomic mass is 9.85. The molecule has 1 amide bonds. The zero-order valence-electron chi connectivity index (χ0n) is 14.6. The molecule has 0 spiro atoms. The molecule has 0 radical (unpaired) electrons. The van der Waals surface area contributed by atoms with Crippen molar-refractivity contribution in [2.45, 2.75) is 24.9 Å². The quantitative estimate of drug-likeness (QED) is 0.701. The number of aromatic nitrogens is 1. The Kier molecular flexibility index (Phi) is 4.56. The van der Waals surface area contributed by atoms with Crippen molar-refractivity contribution in [2.24, 2.45) is 0 Å². The van der Waals surface area contributed by atoms with E-state index in [0.29, 0.717) is 32.4 Å². The number of likely N-dealkylation sites (tertiary alicyclic amines) is 1. The summed E-state index contributed by atoms with van der Waals surface area (Å²) in [5, 5.41) is 12.9. The van der Waals surface area contributed by atoms with E-state index < -0.39 is 5.60 Å². The van der Waals surface area contributed by atoms with Crippen LogP contribution in [0.5, 0.6) is 0 Å². The molecule has 4 nitrogen and oxygen atoms in total. The van der Waals surface area contributed by atoms with Gasteiger partial charge in [-0.1, -0.05) is 30.3 Å². The van der Waals surface area contributed by atoms with Gasteiger partial charge in [0.1, 0.15) is 0 Å². The molecular formula is C21H23N2O2P. The molecule has 3 aromatic rings. The van der Waals surface area contributed by atoms with Gasteiger partial charge < -0.3 is 15.0 Å². The van der Waals surface area contributed by atoms with Gasteiger partial charge in [0.05, 0.1) is 5.60 Å². The minimum Gasteiger partial charge on any atom is -0.389 e. The highest BCUT2D eigenvalue weighted by Gasteiger charge is 2.34. The van der Waals surface area contributed by atoms with Crippen molar-refractivity contribution in [3.05, 3.63) is 65.9 Å². The fourth-order valence-electron chi connectivity index (χ4n) is 3.75. The summed E-state index contributed by atoms with van der Waals surface area (Å²) in [5.74, 6) is 0.0415. The first kappa shape index (κ1) is 17.3. The highest BCUT2D eigenvalue weighted by atomic mass is 31.0. The van der Waals surface area contributed by atoms with Gasteiger partial charge in [-0.25, -0.2) is 0 Å². The van der Waals surface area contributed by atoms with Crippen LogP contribution in [0.4, 0.5) is 0 Å². The van der Waals surface area contributed by atoms with Crippen molar-refractivity contribution in [1.29, 1.82) is 0 Å². The predicted molar refractivity (Wildman–Crippen MR) is 108 cm³/mol. The summed E-state index contributed by atoms with van der Waals surface area (Å²) >= 11 is 0. The van der Waals surface area contributed by atoms with Gasteiger partial charge in [0.2, 0.25) is 0 Å². The topological polar surface area (TPSA) is 56.3 Å². The van der Waals surface area contributed by atoms with E-state index in [0.717, 1.165) is 27.3 Å². The molecule has 2 aromatic carbocycles. The number of carbonyl (C=O) groups excluding carboxylic acids is 1. The summed E-state index contributed by atoms with van der Waals surface area (Å²) in [7, 11) is 2.66. The smallest absolute Gasteiger partial charge is 0.254 e. The Morgan fingerprint density at radius 1 is 1.15 bits per heavy atom. The standard InChI is InChI=1S/C21H23N2O2P/c24-20(17-12-16-6-9-22-18(16)13-19(17)26)23-10-7-21(25,8-11-23)14-15-4-2-1-3-5-15/h1-6,9,12-13,22,25H,7-8,10-11,14,26H2. The van der Waals surface area contributed by atoms with E-state index >= 15 is 0 Å². The number of amides is 1. The number of aromatic amines is 1. The van der Waals surface area contributed by atoms with Gasteiger partial charge in [0, 0.05) is 42.2 Å². The molecule has 2 N–H and O–H groups in total. The largest absolute Gasteiger partial charge is 0.389 e. The van der Waals surface area contributed by atoms with E-state index in [4.69, 9.17) is 0 Å². The zero-order chi connectivity index (χ0) is 18.1. The Morgan fingerprint density at radius 3 is 2.62 bits per heavy atom. The third kappa shape index (κ3) is 3.40. The number of H-pyrrole nitrogens is 1. The van der Waals surface area contributed by atoms with Gasteiger partial charge in [-0.15, -0.1) is 9.24 Å². The van der Waals surface area contributed by atoms with Crippen molar-refractivity contribution in [3.8, 4) is 0 Å². The molecule has 0 saturated carbocycles. The van der Waals surface area contributed by atoms with E-state index in [-0.39, 0.29) is 5.91 Å². The van der Waals surface area contributed by atoms with Crippen LogP contribution < -0.4 is 5.30 Å². The van der Waals surface area contributed by atoms with Gasteiger partial charge in [0.25, 0.3) is 5.91 Å². The number of nitrogens with one attached hydrogen (secondary N) is 1. The fraction of sp³-hybridized carbons (Fsp3) is 0.286. The van der Waals surface area contributed by atoms with Gasteiger partial charge in [-0.3, -0.25) is 4.79 Å². The maximum Gasteiger partial charge on any atom is 0.254 e. The molecule has 1 aliphatic rings. The highest BCUT2D eigenvalue weighted by Crippen LogP contribution is 2.27. The summed E-state index contributed by atoms with van der Waals surface area (Å²) in [6.45, 7) is 1.16. The van der Waals surface area contributed by atoms with Crippen molar-refractivity contribution < 1.29 is 9.90 Å². The van der Waals surface area contributed by atoms with E-state index in [2.05, 4.69) is 14.2 Å². The molecule has 1 aliphatic heterocycles. The zero-order valence-corrected chi connectivity index (χ0v) is 15.8. The van der Waals surface area contributed by atoms with Crippen LogP contribution in [0.25, 0.3) is 10.9 Å². The summed E-state index contributed by atoms with van der Waals surface area (Å²) < 4.78 is 0. The Labute approximate surface area is 155 Å². The normalized spacial score (nSPS) is 16.8. The summed E-state index contributed by atoms with van der Waals surface area (Å²) in [6.07, 6.45) is 3.73. The molecule has 1 aromatic heterocycles. The summed E-state index contributed by atoms with van der Waals surface area (Å²) in [4.78, 5) is 18.0. The van der Waals surface area contributed by atoms with Gasteiger partial charge >= 0.3 is 0 Å². The Balaban J connectivity index is 1.46. The SMILES string of the molecule is O=C(c1cc2cc[nH]c2cc1P)N1CCC(O)(Cc2ccccc2)CC1. The fourth-order valence-corrected chi connectivity index (χ4v) is 4.12. The number of piperidine rings is 1. The molecule has 5 heteroatoms. The molecular weight excluding hydrogens is 343 g/mol. The summed E-state index contributed by atoms with van der Waals surface area (Å²) in [6, 6.07) is 16.0. The van der Waals surface area contributed by atoms with Gasteiger partial charge in [0.15, 0.2) is 0 Å². The molecule has 1 fully saturated rings. The number of fused-ring (bicyclic) bond motifs is 1. The third-order valence-electron chi connectivity index (χ3n) is 5.31. The lowest BCUT2D eigenvalue weighted by Crippen LogP contribution is -2.48. The molecule has 1 saturated heterocycles. The van der Waals surface area contributed by atoms with E-state index in [1.165, 1.54) is 0 Å². The van der Waals surface area contributed by atoms with Crippen molar-refractivity contribution in [1.82, 2.24) is 9.88 Å². The summed E-state index contributed by atoms with van der Waals surface area (Å²) in [5.41, 5.74) is 2.16. The lowest BCUT2D eigenvalue weighted by molar-refractivity contribution is -0.0162. The van der Waals surface area contributed by atoms with Crippen LogP contribution >= 0.6 is 9.24 Å². The maximum atomic E-state index is 13.0. The Morgan fingerprint density at radius 2 is 1.88 bits per heavy atom. The number of hydrogen-bond acceptors (Lipinski definition) is 2. The third-order valence-corrected chi connectivity index (χ3v) is 5.79. The van der Waals surface area contributed by atoms with E-state index in [1.54, 1.807) is 0 Å². The van der Waals surface area contributed by atoms with Gasteiger partial charge in [-0.2, -0.15) is 0 Å². The maximum absolute atomic E-state index is 13.0. The first-order valence-corrected chi connectivity index (χ1v) is 9.54. The number of nitrogens with zero attached hydrogens (tertiary/aromatic N) is 1. The molecule has 134 valence electrons. The second-order valence-corrected chi connectivity index (χ2v) is 7.81. The first-order valence-electron chi connectivity index (χ1n) is 8.96. The first-order chi connectivity index (χ1) is 12.5. The molecule has 26 heavy (non-hydrogen) atoms. The molecule has 2 heterocycles. The highest BCUT2D eigenvalue weighted by molar-refractivity contribution is 7.27. The number of hydrogen-bond donors (Lipinski definition) is 2. The monoisotopic (exact) mass is 366 g/mol. The Hall–Kier alpha value is -2.16. The molecule has 0 aliphatic carbocycles. The van der Waals surface area contributed by atoms with Crippen LogP contribution in [0, 0.1) is 0 Å². The average Bonchev–Trinajstić information content (AvgIpc) is 3.09. The Bertz CT molecular complexity index is 928. The lowest BCUT2D eigenvalue weighted by Gasteiger charge is -2.38. The van der Waals surface area contributed by atoms with Crippen molar-refractivity contribution in [2.75, 3.05) is 13.1 Å². The van der Waals surface area contributed by atoms with Crippen LogP contribution in [0.1, 0.15) is 28.8 Å². The van der Waals surface area contributed by atoms with Crippen LogP contribution in [-0.4, -0.2) is 39.6 Å². The second-order valence-electron chi connectivity index (χ2n) is 7.18. The van der Waals surface area contributed by atoms with Crippen LogP contribution in [0.2, 0.25) is 0 Å². The minimum absolute atomic E-state index is 0.0415. The van der Waals surface area contributed by atoms with Crippen LogP contribution in [0.15, 0.2) is 54.7 Å². The molecule has 1 atom stereocenters. The molecule has 0 bridgehead atoms. The van der Waals surface area contributed by atoms with Crippen molar-refractivity contribution >= 4 is 31.4 Å². The van der Waals surface area contributed by atoms with Crippen LogP contribution in [-0.2, 0) is 6.42 Å². The minimum atomic E-state index is -0.730. The van der Waals surface area contributed by atoms with Gasteiger partial charge in [-0.05, 0) is 41.9 Å². The van der Waals surface area contributed by atoms with Crippen molar-refractivity contribution in [3.63, 3.8) is 0 Å². The number of aliphatic hydroxyl groups is 1. The number of carbonyl (C=O) groups is 1. The van der Waals surface area contributed by atoms with E-state index in [9.17, 15) is 9.90 Å².